The summed E-state index contributed by atoms with van der Waals surface area (Å²) in [7, 11) is -3.72. The van der Waals surface area contributed by atoms with E-state index in [1.165, 1.54) is 0 Å². The Bertz CT molecular complexity index is 468. The second kappa shape index (κ2) is 7.04. The highest BCUT2D eigenvalue weighted by molar-refractivity contribution is 7.87. The van der Waals surface area contributed by atoms with Gasteiger partial charge in [-0.05, 0) is 45.2 Å². The molecule has 2 fully saturated rings. The van der Waals surface area contributed by atoms with Crippen LogP contribution in [0.1, 0.15) is 39.0 Å². The summed E-state index contributed by atoms with van der Waals surface area (Å²) < 4.78 is 28.5. The molecule has 2 aliphatic heterocycles. The lowest BCUT2D eigenvalue weighted by molar-refractivity contribution is -0.142. The number of rotatable bonds is 6. The summed E-state index contributed by atoms with van der Waals surface area (Å²) in [6.07, 6.45) is 3.94. The minimum absolute atomic E-state index is 0.220. The Morgan fingerprint density at radius 1 is 1.24 bits per heavy atom. The lowest BCUT2D eigenvalue weighted by atomic mass is 10.1. The van der Waals surface area contributed by atoms with Crippen molar-refractivity contribution in [3.63, 3.8) is 0 Å². The van der Waals surface area contributed by atoms with E-state index >= 15 is 0 Å². The number of piperidine rings is 1. The van der Waals surface area contributed by atoms with Crippen molar-refractivity contribution in [2.24, 2.45) is 0 Å². The number of carbonyl (C=O) groups is 1. The molecule has 2 N–H and O–H groups in total. The van der Waals surface area contributed by atoms with E-state index in [1.807, 2.05) is 0 Å². The van der Waals surface area contributed by atoms with Crippen LogP contribution in [0.15, 0.2) is 0 Å². The van der Waals surface area contributed by atoms with Gasteiger partial charge in [0.25, 0.3) is 10.2 Å². The Kier molecular flexibility index (Phi) is 5.59. The Balaban J connectivity index is 1.98. The molecule has 0 aliphatic carbocycles. The van der Waals surface area contributed by atoms with Gasteiger partial charge < -0.3 is 5.11 Å². The SMILES string of the molecule is CCN1CCCC1CNS(=O)(=O)N1CCCCC1C(=O)O. The fourth-order valence-electron chi connectivity index (χ4n) is 3.27. The molecule has 21 heavy (non-hydrogen) atoms. The highest BCUT2D eigenvalue weighted by atomic mass is 32.2. The number of hydrogen-bond acceptors (Lipinski definition) is 4. The summed E-state index contributed by atoms with van der Waals surface area (Å²) in [4.78, 5) is 13.5. The van der Waals surface area contributed by atoms with E-state index in [1.54, 1.807) is 0 Å². The quantitative estimate of drug-likeness (QED) is 0.732. The molecule has 122 valence electrons. The van der Waals surface area contributed by atoms with E-state index in [0.29, 0.717) is 13.0 Å². The summed E-state index contributed by atoms with van der Waals surface area (Å²) in [5.41, 5.74) is 0. The summed E-state index contributed by atoms with van der Waals surface area (Å²) in [5.74, 6) is -1.06. The van der Waals surface area contributed by atoms with Gasteiger partial charge in [-0.25, -0.2) is 4.72 Å². The summed E-state index contributed by atoms with van der Waals surface area (Å²) >= 11 is 0. The summed E-state index contributed by atoms with van der Waals surface area (Å²) in [5, 5.41) is 9.19. The van der Waals surface area contributed by atoms with Crippen molar-refractivity contribution in [3.05, 3.63) is 0 Å². The van der Waals surface area contributed by atoms with Crippen LogP contribution in [0.4, 0.5) is 0 Å². The van der Waals surface area contributed by atoms with Crippen molar-refractivity contribution in [1.29, 1.82) is 0 Å². The summed E-state index contributed by atoms with van der Waals surface area (Å²) in [6, 6.07) is -0.708. The minimum Gasteiger partial charge on any atom is -0.480 e. The topological polar surface area (TPSA) is 90.0 Å². The zero-order valence-electron chi connectivity index (χ0n) is 12.5. The van der Waals surface area contributed by atoms with E-state index in [2.05, 4.69) is 16.5 Å². The number of likely N-dealkylation sites (tertiary alicyclic amines) is 1. The Morgan fingerprint density at radius 2 is 2.00 bits per heavy atom. The zero-order chi connectivity index (χ0) is 15.5. The van der Waals surface area contributed by atoms with Crippen LogP contribution in [0.2, 0.25) is 0 Å². The van der Waals surface area contributed by atoms with Crippen LogP contribution in [0.25, 0.3) is 0 Å². The van der Waals surface area contributed by atoms with Gasteiger partial charge in [-0.2, -0.15) is 12.7 Å². The van der Waals surface area contributed by atoms with Gasteiger partial charge in [-0.1, -0.05) is 6.92 Å². The van der Waals surface area contributed by atoms with Gasteiger partial charge in [0.05, 0.1) is 0 Å². The molecule has 0 amide bonds. The highest BCUT2D eigenvalue weighted by Crippen LogP contribution is 2.21. The first-order valence-corrected chi connectivity index (χ1v) is 9.13. The third-order valence-electron chi connectivity index (χ3n) is 4.45. The highest BCUT2D eigenvalue weighted by Gasteiger charge is 2.37. The predicted molar refractivity (Wildman–Crippen MR) is 79.2 cm³/mol. The van der Waals surface area contributed by atoms with Crippen molar-refractivity contribution >= 4 is 16.2 Å². The van der Waals surface area contributed by atoms with Crippen molar-refractivity contribution < 1.29 is 18.3 Å². The Hall–Kier alpha value is -0.700. The Morgan fingerprint density at radius 3 is 2.67 bits per heavy atom. The lowest BCUT2D eigenvalue weighted by Crippen LogP contribution is -2.53. The number of carboxylic acid groups (broad SMARTS) is 1. The molecule has 2 unspecified atom stereocenters. The molecule has 0 radical (unpaired) electrons. The second-order valence-electron chi connectivity index (χ2n) is 5.74. The first-order chi connectivity index (χ1) is 9.95. The molecular formula is C13H25N3O4S. The van der Waals surface area contributed by atoms with Gasteiger partial charge >= 0.3 is 5.97 Å². The van der Waals surface area contributed by atoms with E-state index in [0.717, 1.165) is 43.1 Å². The maximum atomic E-state index is 12.4. The van der Waals surface area contributed by atoms with Gasteiger partial charge in [0.1, 0.15) is 6.04 Å². The molecule has 0 aromatic rings. The zero-order valence-corrected chi connectivity index (χ0v) is 13.3. The molecule has 7 nitrogen and oxygen atoms in total. The summed E-state index contributed by atoms with van der Waals surface area (Å²) in [6.45, 7) is 4.63. The van der Waals surface area contributed by atoms with Gasteiger partial charge in [-0.15, -0.1) is 0 Å². The normalized spacial score (nSPS) is 28.8. The average Bonchev–Trinajstić information content (AvgIpc) is 2.92. The molecule has 0 spiro atoms. The van der Waals surface area contributed by atoms with Gasteiger partial charge in [0, 0.05) is 19.1 Å². The third-order valence-corrected chi connectivity index (χ3v) is 6.04. The average molecular weight is 319 g/mol. The first-order valence-electron chi connectivity index (χ1n) is 7.69. The van der Waals surface area contributed by atoms with Crippen LogP contribution in [0.5, 0.6) is 0 Å². The van der Waals surface area contributed by atoms with Crippen LogP contribution in [-0.2, 0) is 15.0 Å². The van der Waals surface area contributed by atoms with E-state index in [9.17, 15) is 18.3 Å². The van der Waals surface area contributed by atoms with Crippen molar-refractivity contribution in [2.45, 2.75) is 51.1 Å². The fourth-order valence-corrected chi connectivity index (χ4v) is 4.74. The van der Waals surface area contributed by atoms with Crippen LogP contribution in [0, 0.1) is 0 Å². The number of nitrogens with one attached hydrogen (secondary N) is 1. The van der Waals surface area contributed by atoms with E-state index in [-0.39, 0.29) is 12.6 Å². The smallest absolute Gasteiger partial charge is 0.322 e. The number of carboxylic acids is 1. The number of hydrogen-bond donors (Lipinski definition) is 2. The maximum absolute atomic E-state index is 12.4. The number of aliphatic carboxylic acids is 1. The van der Waals surface area contributed by atoms with Gasteiger partial charge in [0.15, 0.2) is 0 Å². The lowest BCUT2D eigenvalue weighted by Gasteiger charge is -2.32. The first kappa shape index (κ1) is 16.7. The monoisotopic (exact) mass is 319 g/mol. The van der Waals surface area contributed by atoms with Crippen molar-refractivity contribution in [2.75, 3.05) is 26.2 Å². The molecule has 0 saturated carbocycles. The third kappa shape index (κ3) is 3.94. The van der Waals surface area contributed by atoms with Crippen molar-refractivity contribution in [3.8, 4) is 0 Å². The van der Waals surface area contributed by atoms with Crippen LogP contribution >= 0.6 is 0 Å². The fraction of sp³-hybridized carbons (Fsp3) is 0.923. The van der Waals surface area contributed by atoms with Gasteiger partial charge in [-0.3, -0.25) is 9.69 Å². The number of likely N-dealkylation sites (N-methyl/N-ethyl adjacent to an activating group) is 1. The molecule has 2 saturated heterocycles. The van der Waals surface area contributed by atoms with Crippen molar-refractivity contribution in [1.82, 2.24) is 13.9 Å². The molecule has 2 aliphatic rings. The number of nitrogens with zero attached hydrogens (tertiary/aromatic N) is 2. The van der Waals surface area contributed by atoms with E-state index < -0.39 is 22.2 Å². The van der Waals surface area contributed by atoms with Gasteiger partial charge in [0.2, 0.25) is 0 Å². The Labute approximate surface area is 126 Å². The molecule has 0 bridgehead atoms. The molecule has 0 aromatic heterocycles. The van der Waals surface area contributed by atoms with Crippen LogP contribution < -0.4 is 4.72 Å². The molecule has 2 heterocycles. The second-order valence-corrected chi connectivity index (χ2v) is 7.45. The molecular weight excluding hydrogens is 294 g/mol. The van der Waals surface area contributed by atoms with Crippen LogP contribution in [-0.4, -0.2) is 67.0 Å². The molecule has 2 atom stereocenters. The molecule has 2 rings (SSSR count). The largest absolute Gasteiger partial charge is 0.480 e. The minimum atomic E-state index is -3.72. The van der Waals surface area contributed by atoms with Crippen LogP contribution in [0.3, 0.4) is 0 Å². The maximum Gasteiger partial charge on any atom is 0.322 e. The molecule has 8 heteroatoms. The standard InChI is InChI=1S/C13H25N3O4S/c1-2-15-8-5-6-11(15)10-14-21(19,20)16-9-4-3-7-12(16)13(17)18/h11-12,14H,2-10H2,1H3,(H,17,18). The molecule has 0 aromatic carbocycles. The predicted octanol–water partition coefficient (Wildman–Crippen LogP) is 0.244. The van der Waals surface area contributed by atoms with E-state index in [4.69, 9.17) is 0 Å².